The summed E-state index contributed by atoms with van der Waals surface area (Å²) in [5.74, 6) is -0.0411. The lowest BCUT2D eigenvalue weighted by molar-refractivity contribution is 0.568. The molecule has 0 bridgehead atoms. The predicted molar refractivity (Wildman–Crippen MR) is 93.8 cm³/mol. The quantitative estimate of drug-likeness (QED) is 0.743. The Morgan fingerprint density at radius 1 is 1.17 bits per heavy atom. The Morgan fingerprint density at radius 3 is 2.67 bits per heavy atom. The summed E-state index contributed by atoms with van der Waals surface area (Å²) in [6.07, 6.45) is 3.23. The van der Waals surface area contributed by atoms with E-state index in [9.17, 15) is 8.42 Å². The van der Waals surface area contributed by atoms with Gasteiger partial charge in [-0.25, -0.2) is 13.1 Å². The van der Waals surface area contributed by atoms with Crippen LogP contribution in [0.2, 0.25) is 5.02 Å². The van der Waals surface area contributed by atoms with E-state index in [1.54, 1.807) is 12.4 Å². The Bertz CT molecular complexity index is 986. The lowest BCUT2D eigenvalue weighted by Gasteiger charge is -2.23. The van der Waals surface area contributed by atoms with Crippen molar-refractivity contribution in [2.45, 2.75) is 10.1 Å². The van der Waals surface area contributed by atoms with Gasteiger partial charge in [0.25, 0.3) is 0 Å². The van der Waals surface area contributed by atoms with Crippen LogP contribution in [0.1, 0.15) is 17.0 Å². The first kappa shape index (κ1) is 15.7. The topological polar surface area (TPSA) is 72.0 Å². The van der Waals surface area contributed by atoms with Gasteiger partial charge in [0.2, 0.25) is 10.0 Å². The minimum absolute atomic E-state index is 0.0411. The number of hydrogen-bond acceptors (Lipinski definition) is 5. The second-order valence-corrected chi connectivity index (χ2v) is 8.89. The number of fused-ring (bicyclic) bond motifs is 1. The molecule has 1 aliphatic rings. The standard InChI is InChI=1S/C16H12ClN3O2S2/c17-12-3-1-10(2-4-12)14-9-20-24(21,22)16-13(14)7-15(23-16)11-5-6-18-19-8-11/h1-8,14,20H,9H2. The summed E-state index contributed by atoms with van der Waals surface area (Å²) in [6, 6.07) is 11.3. The first-order valence-corrected chi connectivity index (χ1v) is 9.88. The summed E-state index contributed by atoms with van der Waals surface area (Å²) in [7, 11) is -3.47. The fourth-order valence-corrected chi connectivity index (χ4v) is 5.76. The van der Waals surface area contributed by atoms with E-state index in [1.807, 2.05) is 36.4 Å². The van der Waals surface area contributed by atoms with E-state index in [0.29, 0.717) is 15.8 Å². The van der Waals surface area contributed by atoms with Crippen LogP contribution in [-0.2, 0) is 10.0 Å². The van der Waals surface area contributed by atoms with Gasteiger partial charge in [0.15, 0.2) is 0 Å². The summed E-state index contributed by atoms with van der Waals surface area (Å²) in [4.78, 5) is 0.862. The molecule has 3 aromatic rings. The van der Waals surface area contributed by atoms with Gasteiger partial charge in [-0.3, -0.25) is 0 Å². The van der Waals surface area contributed by atoms with Gasteiger partial charge in [-0.1, -0.05) is 23.7 Å². The lowest BCUT2D eigenvalue weighted by atomic mass is 9.93. The van der Waals surface area contributed by atoms with Gasteiger partial charge in [-0.15, -0.1) is 11.3 Å². The van der Waals surface area contributed by atoms with Crippen LogP contribution in [0.5, 0.6) is 0 Å². The first-order chi connectivity index (χ1) is 11.5. The molecule has 0 fully saturated rings. The Hall–Kier alpha value is -1.80. The Balaban J connectivity index is 1.85. The van der Waals surface area contributed by atoms with E-state index in [-0.39, 0.29) is 5.92 Å². The number of aromatic nitrogens is 2. The number of benzene rings is 1. The molecule has 1 unspecified atom stereocenters. The SMILES string of the molecule is O=S1(=O)NCC(c2ccc(Cl)cc2)c2cc(-c3ccnnc3)sc21. The lowest BCUT2D eigenvalue weighted by Crippen LogP contribution is -2.34. The molecule has 1 aromatic carbocycles. The van der Waals surface area contributed by atoms with Gasteiger partial charge < -0.3 is 0 Å². The molecule has 1 N–H and O–H groups in total. The van der Waals surface area contributed by atoms with Crippen LogP contribution in [0, 0.1) is 0 Å². The fourth-order valence-electron chi connectivity index (χ4n) is 2.78. The first-order valence-electron chi connectivity index (χ1n) is 7.20. The molecular weight excluding hydrogens is 366 g/mol. The van der Waals surface area contributed by atoms with Crippen molar-refractivity contribution in [2.24, 2.45) is 0 Å². The maximum Gasteiger partial charge on any atom is 0.250 e. The van der Waals surface area contributed by atoms with Crippen LogP contribution in [0.3, 0.4) is 0 Å². The van der Waals surface area contributed by atoms with Crippen LogP contribution < -0.4 is 4.72 Å². The molecule has 2 aromatic heterocycles. The molecular formula is C16H12ClN3O2S2. The number of sulfonamides is 1. The molecule has 0 saturated heterocycles. The third-order valence-electron chi connectivity index (χ3n) is 3.96. The van der Waals surface area contributed by atoms with E-state index >= 15 is 0 Å². The highest BCUT2D eigenvalue weighted by atomic mass is 35.5. The zero-order valence-corrected chi connectivity index (χ0v) is 14.7. The normalized spacial score (nSPS) is 19.0. The van der Waals surface area contributed by atoms with Crippen molar-refractivity contribution in [2.75, 3.05) is 6.54 Å². The second kappa shape index (κ2) is 5.93. The summed E-state index contributed by atoms with van der Waals surface area (Å²) in [5.41, 5.74) is 2.70. The Labute approximate surface area is 148 Å². The number of rotatable bonds is 2. The third kappa shape index (κ3) is 2.73. The Morgan fingerprint density at radius 2 is 1.96 bits per heavy atom. The smallest absolute Gasteiger partial charge is 0.209 e. The summed E-state index contributed by atoms with van der Waals surface area (Å²) in [5, 5.41) is 8.29. The number of halogens is 1. The van der Waals surface area contributed by atoms with Gasteiger partial charge in [0.1, 0.15) is 4.21 Å². The molecule has 0 spiro atoms. The average Bonchev–Trinajstić information content (AvgIpc) is 3.04. The Kier molecular flexibility index (Phi) is 3.88. The second-order valence-electron chi connectivity index (χ2n) is 5.44. The van der Waals surface area contributed by atoms with Gasteiger partial charge in [0.05, 0.1) is 12.4 Å². The van der Waals surface area contributed by atoms with Crippen LogP contribution in [0.25, 0.3) is 10.4 Å². The molecule has 1 atom stereocenters. The highest BCUT2D eigenvalue weighted by molar-refractivity contribution is 7.91. The van der Waals surface area contributed by atoms with Gasteiger partial charge in [-0.2, -0.15) is 10.2 Å². The van der Waals surface area contributed by atoms with Crippen molar-refractivity contribution in [1.29, 1.82) is 0 Å². The van der Waals surface area contributed by atoms with Crippen molar-refractivity contribution < 1.29 is 8.42 Å². The van der Waals surface area contributed by atoms with Crippen molar-refractivity contribution in [3.8, 4) is 10.4 Å². The zero-order valence-electron chi connectivity index (χ0n) is 12.3. The summed E-state index contributed by atoms with van der Waals surface area (Å²) >= 11 is 7.21. The average molecular weight is 378 g/mol. The number of thiophene rings is 1. The van der Waals surface area contributed by atoms with Crippen molar-refractivity contribution in [3.63, 3.8) is 0 Å². The van der Waals surface area contributed by atoms with E-state index in [2.05, 4.69) is 14.9 Å². The molecule has 5 nitrogen and oxygen atoms in total. The molecule has 0 amide bonds. The largest absolute Gasteiger partial charge is 0.250 e. The summed E-state index contributed by atoms with van der Waals surface area (Å²) < 4.78 is 27.8. The van der Waals surface area contributed by atoms with Crippen LogP contribution >= 0.6 is 22.9 Å². The minimum atomic E-state index is -3.47. The number of nitrogens with one attached hydrogen (secondary N) is 1. The van der Waals surface area contributed by atoms with E-state index < -0.39 is 10.0 Å². The molecule has 1 aliphatic heterocycles. The number of hydrogen-bond donors (Lipinski definition) is 1. The third-order valence-corrected chi connectivity index (χ3v) is 7.39. The van der Waals surface area contributed by atoms with E-state index in [4.69, 9.17) is 11.6 Å². The van der Waals surface area contributed by atoms with Crippen molar-refractivity contribution >= 4 is 33.0 Å². The van der Waals surface area contributed by atoms with Crippen molar-refractivity contribution in [3.05, 3.63) is 64.9 Å². The molecule has 0 saturated carbocycles. The molecule has 0 aliphatic carbocycles. The van der Waals surface area contributed by atoms with Crippen molar-refractivity contribution in [1.82, 2.24) is 14.9 Å². The minimum Gasteiger partial charge on any atom is -0.209 e. The van der Waals surface area contributed by atoms with Crippen LogP contribution in [0.15, 0.2) is 53.0 Å². The maximum absolute atomic E-state index is 12.4. The van der Waals surface area contributed by atoms with Gasteiger partial charge in [-0.05, 0) is 35.4 Å². The molecule has 8 heteroatoms. The van der Waals surface area contributed by atoms with E-state index in [0.717, 1.165) is 21.6 Å². The highest BCUT2D eigenvalue weighted by Gasteiger charge is 2.33. The zero-order chi connectivity index (χ0) is 16.7. The predicted octanol–water partition coefficient (Wildman–Crippen LogP) is 3.28. The van der Waals surface area contributed by atoms with Gasteiger partial charge >= 0.3 is 0 Å². The van der Waals surface area contributed by atoms with Crippen LogP contribution in [0.4, 0.5) is 0 Å². The monoisotopic (exact) mass is 377 g/mol. The fraction of sp³-hybridized carbons (Fsp3) is 0.125. The van der Waals surface area contributed by atoms with Crippen LogP contribution in [-0.4, -0.2) is 25.2 Å². The summed E-state index contributed by atoms with van der Waals surface area (Å²) in [6.45, 7) is 0.335. The molecule has 122 valence electrons. The molecule has 24 heavy (non-hydrogen) atoms. The van der Waals surface area contributed by atoms with Gasteiger partial charge in [0, 0.05) is 27.9 Å². The molecule has 0 radical (unpaired) electrons. The number of nitrogens with zero attached hydrogens (tertiary/aromatic N) is 2. The van der Waals surface area contributed by atoms with E-state index in [1.165, 1.54) is 11.3 Å². The molecule has 4 rings (SSSR count). The maximum atomic E-state index is 12.4. The highest BCUT2D eigenvalue weighted by Crippen LogP contribution is 2.42. The molecule has 3 heterocycles.